The average Bonchev–Trinajstić information content (AvgIpc) is 3.67. The number of aromatic nitrogens is 1. The summed E-state index contributed by atoms with van der Waals surface area (Å²) in [6.45, 7) is 6.03. The van der Waals surface area contributed by atoms with Gasteiger partial charge in [-0.1, -0.05) is 59.8 Å². The Morgan fingerprint density at radius 2 is 1.75 bits per heavy atom. The van der Waals surface area contributed by atoms with Crippen molar-refractivity contribution < 1.29 is 34.3 Å². The van der Waals surface area contributed by atoms with Crippen LogP contribution in [0, 0.1) is 30.1 Å². The van der Waals surface area contributed by atoms with E-state index < -0.39 is 18.1 Å². The Kier molecular flexibility index (Phi) is 14.6. The first-order valence-electron chi connectivity index (χ1n) is 19.4. The molecule has 12 heteroatoms. The molecule has 2 atom stereocenters. The molecule has 6 rings (SSSR count). The molecule has 59 heavy (non-hydrogen) atoms. The lowest BCUT2D eigenvalue weighted by Gasteiger charge is -2.25. The number of aliphatic hydroxyl groups is 2. The van der Waals surface area contributed by atoms with Gasteiger partial charge in [-0.25, -0.2) is 0 Å². The maximum Gasteiger partial charge on any atom is 0.326 e. The van der Waals surface area contributed by atoms with E-state index in [0.717, 1.165) is 59.3 Å². The van der Waals surface area contributed by atoms with Gasteiger partial charge in [-0.15, -0.1) is 0 Å². The van der Waals surface area contributed by atoms with E-state index in [1.165, 1.54) is 13.1 Å². The molecule has 2 heterocycles. The summed E-state index contributed by atoms with van der Waals surface area (Å²) < 4.78 is 18.8. The number of nitrogens with one attached hydrogen (secondary N) is 1. The number of pyridine rings is 1. The standard InChI is InChI=1S/C47H47ClN4O7/c1-32-37(30-59-45-23-44(58-29-36-18-35(24-49)25-50-26-36)39(22-43(45)48)27-51-47(2,31-53)46(55)56)10-6-11-42(32)38-19-34(13-12-33-8-4-3-5-9-33)20-41(21-38)57-17-7-15-52-16-14-40(54)28-52/h3-6,8-11,18-23,25-26,40,51,53-54H,7,14-17,27-31H2,1-2H3,(H,55,56). The first-order chi connectivity index (χ1) is 28.5. The van der Waals surface area contributed by atoms with E-state index in [-0.39, 0.29) is 30.9 Å². The highest BCUT2D eigenvalue weighted by molar-refractivity contribution is 6.32. The molecule has 304 valence electrons. The molecule has 0 spiro atoms. The number of hydrogen-bond acceptors (Lipinski definition) is 10. The molecule has 0 saturated carbocycles. The van der Waals surface area contributed by atoms with E-state index >= 15 is 0 Å². The molecule has 5 aromatic rings. The van der Waals surface area contributed by atoms with E-state index in [2.05, 4.69) is 45.2 Å². The maximum absolute atomic E-state index is 11.9. The molecule has 1 aliphatic rings. The third kappa shape index (κ3) is 11.6. The van der Waals surface area contributed by atoms with Crippen molar-refractivity contribution in [2.24, 2.45) is 0 Å². The van der Waals surface area contributed by atoms with Crippen LogP contribution in [0.4, 0.5) is 0 Å². The Labute approximate surface area is 349 Å². The van der Waals surface area contributed by atoms with Gasteiger partial charge < -0.3 is 34.4 Å². The summed E-state index contributed by atoms with van der Waals surface area (Å²) in [5, 5.41) is 41.9. The Morgan fingerprint density at radius 1 is 0.949 bits per heavy atom. The predicted molar refractivity (Wildman–Crippen MR) is 225 cm³/mol. The first kappa shape index (κ1) is 42.7. The molecule has 4 N–H and O–H groups in total. The second-order valence-electron chi connectivity index (χ2n) is 14.7. The first-order valence-corrected chi connectivity index (χ1v) is 19.8. The largest absolute Gasteiger partial charge is 0.493 e. The number of carboxylic acids is 1. The Bertz CT molecular complexity index is 2360. The number of ether oxygens (including phenoxy) is 3. The molecule has 0 bridgehead atoms. The molecule has 0 aliphatic carbocycles. The minimum atomic E-state index is -1.61. The highest BCUT2D eigenvalue weighted by Crippen LogP contribution is 2.36. The van der Waals surface area contributed by atoms with Gasteiger partial charge in [-0.2, -0.15) is 5.26 Å². The summed E-state index contributed by atoms with van der Waals surface area (Å²) in [6, 6.07) is 28.9. The van der Waals surface area contributed by atoms with Gasteiger partial charge in [0, 0.05) is 66.9 Å². The molecular formula is C47H47ClN4O7. The summed E-state index contributed by atoms with van der Waals surface area (Å²) in [7, 11) is 0. The van der Waals surface area contributed by atoms with E-state index in [1.54, 1.807) is 24.4 Å². The van der Waals surface area contributed by atoms with Gasteiger partial charge in [0.25, 0.3) is 0 Å². The van der Waals surface area contributed by atoms with Gasteiger partial charge in [0.2, 0.25) is 0 Å². The third-order valence-electron chi connectivity index (χ3n) is 10.2. The minimum absolute atomic E-state index is 0.0133. The summed E-state index contributed by atoms with van der Waals surface area (Å²) in [6.07, 6.45) is 4.44. The highest BCUT2D eigenvalue weighted by atomic mass is 35.5. The lowest BCUT2D eigenvalue weighted by molar-refractivity contribution is -0.145. The summed E-state index contributed by atoms with van der Waals surface area (Å²) in [5.74, 6) is 6.81. The number of aliphatic hydroxyl groups excluding tert-OH is 2. The van der Waals surface area contributed by atoms with Crippen LogP contribution >= 0.6 is 11.6 Å². The fourth-order valence-electron chi connectivity index (χ4n) is 6.61. The number of benzene rings is 4. The van der Waals surface area contributed by atoms with E-state index in [1.807, 2.05) is 61.5 Å². The van der Waals surface area contributed by atoms with Crippen LogP contribution in [-0.2, 0) is 24.6 Å². The lowest BCUT2D eigenvalue weighted by atomic mass is 9.95. The number of likely N-dealkylation sites (tertiary alicyclic amines) is 1. The number of aliphatic carboxylic acids is 1. The zero-order chi connectivity index (χ0) is 41.8. The van der Waals surface area contributed by atoms with Crippen molar-refractivity contribution in [1.82, 2.24) is 15.2 Å². The molecule has 1 aliphatic heterocycles. The fourth-order valence-corrected chi connectivity index (χ4v) is 6.86. The number of carbonyl (C=O) groups is 1. The van der Waals surface area contributed by atoms with Gasteiger partial charge in [0.1, 0.15) is 42.1 Å². The van der Waals surface area contributed by atoms with Crippen molar-refractivity contribution in [3.05, 3.63) is 141 Å². The molecule has 1 fully saturated rings. The summed E-state index contributed by atoms with van der Waals surface area (Å²) in [5.41, 5.74) is 5.55. The van der Waals surface area contributed by atoms with Crippen LogP contribution in [0.5, 0.6) is 17.2 Å². The number of β-amino-alcohol motifs (C(OH)–C–C–N with tert-alkyl or cyclic N) is 1. The number of nitriles is 1. The SMILES string of the molecule is Cc1c(COc2cc(OCc3cncc(C#N)c3)c(CNC(C)(CO)C(=O)O)cc2Cl)cccc1-c1cc(C#Cc2ccccc2)cc(OCCCN2CCC(O)C2)c1. The van der Waals surface area contributed by atoms with Crippen molar-refractivity contribution in [3.8, 4) is 46.3 Å². The molecule has 2 unspecified atom stereocenters. The number of rotatable bonds is 17. The van der Waals surface area contributed by atoms with Crippen molar-refractivity contribution in [2.45, 2.75) is 58.1 Å². The van der Waals surface area contributed by atoms with Crippen LogP contribution in [-0.4, -0.2) is 75.7 Å². The molecule has 1 saturated heterocycles. The predicted octanol–water partition coefficient (Wildman–Crippen LogP) is 6.90. The molecule has 11 nitrogen and oxygen atoms in total. The average molecular weight is 815 g/mol. The number of hydrogen-bond donors (Lipinski definition) is 4. The number of carboxylic acid groups (broad SMARTS) is 1. The molecule has 4 aromatic carbocycles. The van der Waals surface area contributed by atoms with E-state index in [4.69, 9.17) is 25.8 Å². The van der Waals surface area contributed by atoms with Gasteiger partial charge in [-0.05, 0) is 91.4 Å². The zero-order valence-electron chi connectivity index (χ0n) is 33.1. The van der Waals surface area contributed by atoms with E-state index in [9.17, 15) is 25.4 Å². The van der Waals surface area contributed by atoms with Crippen molar-refractivity contribution in [2.75, 3.05) is 32.8 Å². The minimum Gasteiger partial charge on any atom is -0.493 e. The highest BCUT2D eigenvalue weighted by Gasteiger charge is 2.32. The van der Waals surface area contributed by atoms with Crippen LogP contribution in [0.15, 0.2) is 97.3 Å². The normalized spacial score (nSPS) is 14.7. The van der Waals surface area contributed by atoms with Crippen LogP contribution < -0.4 is 19.5 Å². The van der Waals surface area contributed by atoms with E-state index in [0.29, 0.717) is 47.1 Å². The van der Waals surface area contributed by atoms with Crippen molar-refractivity contribution in [1.29, 1.82) is 5.26 Å². The molecule has 0 radical (unpaired) electrons. The second kappa shape index (κ2) is 20.2. The second-order valence-corrected chi connectivity index (χ2v) is 15.1. The van der Waals surface area contributed by atoms with Crippen LogP contribution in [0.25, 0.3) is 11.1 Å². The Morgan fingerprint density at radius 3 is 2.49 bits per heavy atom. The zero-order valence-corrected chi connectivity index (χ0v) is 33.8. The maximum atomic E-state index is 11.9. The lowest BCUT2D eigenvalue weighted by Crippen LogP contribution is -2.52. The summed E-state index contributed by atoms with van der Waals surface area (Å²) >= 11 is 6.78. The smallest absolute Gasteiger partial charge is 0.326 e. The molecule has 1 aromatic heterocycles. The van der Waals surface area contributed by atoms with Gasteiger partial charge in [0.15, 0.2) is 0 Å². The quantitative estimate of drug-likeness (QED) is 0.0572. The molecule has 0 amide bonds. The molecular weight excluding hydrogens is 768 g/mol. The fraction of sp³-hybridized carbons (Fsp3) is 0.298. The number of halogens is 1. The monoisotopic (exact) mass is 814 g/mol. The van der Waals surface area contributed by atoms with Crippen molar-refractivity contribution in [3.63, 3.8) is 0 Å². The van der Waals surface area contributed by atoms with Gasteiger partial charge >= 0.3 is 5.97 Å². The van der Waals surface area contributed by atoms with Crippen LogP contribution in [0.1, 0.15) is 58.7 Å². The van der Waals surface area contributed by atoms with Crippen LogP contribution in [0.2, 0.25) is 5.02 Å². The van der Waals surface area contributed by atoms with Gasteiger partial charge in [0.05, 0.1) is 29.9 Å². The third-order valence-corrected chi connectivity index (χ3v) is 10.5. The summed E-state index contributed by atoms with van der Waals surface area (Å²) in [4.78, 5) is 18.2. The van der Waals surface area contributed by atoms with Crippen molar-refractivity contribution >= 4 is 17.6 Å². The number of nitrogens with zero attached hydrogens (tertiary/aromatic N) is 3. The van der Waals surface area contributed by atoms with Gasteiger partial charge in [-0.3, -0.25) is 15.1 Å². The Balaban J connectivity index is 1.24. The van der Waals surface area contributed by atoms with Crippen LogP contribution in [0.3, 0.4) is 0 Å². The Hall–Kier alpha value is -5.92. The topological polar surface area (TPSA) is 157 Å².